The second-order valence-electron chi connectivity index (χ2n) is 4.16. The molecule has 0 aromatic heterocycles. The summed E-state index contributed by atoms with van der Waals surface area (Å²) in [7, 11) is 0. The van der Waals surface area contributed by atoms with Crippen molar-refractivity contribution in [3.63, 3.8) is 0 Å². The van der Waals surface area contributed by atoms with E-state index in [9.17, 15) is 9.18 Å². The van der Waals surface area contributed by atoms with E-state index < -0.39 is 12.1 Å². The molecule has 6 heteroatoms. The van der Waals surface area contributed by atoms with Crippen molar-refractivity contribution < 1.29 is 19.0 Å². The second-order valence-corrected chi connectivity index (χ2v) is 5.22. The Hall–Kier alpha value is -1.27. The Bertz CT molecular complexity index is 455. The van der Waals surface area contributed by atoms with Gasteiger partial charge in [-0.15, -0.1) is 11.8 Å². The van der Waals surface area contributed by atoms with Gasteiger partial charge < -0.3 is 15.6 Å². The summed E-state index contributed by atoms with van der Waals surface area (Å²) in [5.74, 6) is -0.650. The second kappa shape index (κ2) is 5.58. The molecular formula is C12H14FNO3S. The summed E-state index contributed by atoms with van der Waals surface area (Å²) >= 11 is 1.46. The van der Waals surface area contributed by atoms with Crippen LogP contribution in [-0.2, 0) is 9.53 Å². The van der Waals surface area contributed by atoms with Gasteiger partial charge in [0.25, 0.3) is 0 Å². The molecule has 2 atom stereocenters. The van der Waals surface area contributed by atoms with Crippen molar-refractivity contribution in [2.75, 3.05) is 11.5 Å². The molecular weight excluding hydrogens is 257 g/mol. The van der Waals surface area contributed by atoms with E-state index in [1.54, 1.807) is 6.07 Å². The van der Waals surface area contributed by atoms with Crippen LogP contribution in [0.3, 0.4) is 0 Å². The van der Waals surface area contributed by atoms with E-state index in [-0.39, 0.29) is 11.9 Å². The van der Waals surface area contributed by atoms with Crippen molar-refractivity contribution in [3.05, 3.63) is 24.0 Å². The molecule has 1 aliphatic rings. The molecule has 0 bridgehead atoms. The first-order valence-corrected chi connectivity index (χ1v) is 6.61. The SMILES string of the molecule is Nc1cc(F)ccc1SCC1CCC(C(=O)O)O1. The summed E-state index contributed by atoms with van der Waals surface area (Å²) < 4.78 is 18.2. The molecule has 0 amide bonds. The summed E-state index contributed by atoms with van der Waals surface area (Å²) in [6, 6.07) is 4.26. The Kier molecular flexibility index (Phi) is 4.08. The van der Waals surface area contributed by atoms with E-state index in [0.717, 1.165) is 11.3 Å². The van der Waals surface area contributed by atoms with Crippen molar-refractivity contribution >= 4 is 23.4 Å². The number of nitrogens with two attached hydrogens (primary N) is 1. The number of aliphatic carboxylic acids is 1. The average molecular weight is 271 g/mol. The molecule has 18 heavy (non-hydrogen) atoms. The Labute approximate surface area is 108 Å². The first-order chi connectivity index (χ1) is 8.56. The van der Waals surface area contributed by atoms with Gasteiger partial charge in [0.05, 0.1) is 6.10 Å². The number of thioether (sulfide) groups is 1. The molecule has 1 heterocycles. The van der Waals surface area contributed by atoms with Crippen LogP contribution in [0.1, 0.15) is 12.8 Å². The van der Waals surface area contributed by atoms with Crippen LogP contribution in [0.15, 0.2) is 23.1 Å². The van der Waals surface area contributed by atoms with Crippen LogP contribution in [0.5, 0.6) is 0 Å². The minimum Gasteiger partial charge on any atom is -0.479 e. The summed E-state index contributed by atoms with van der Waals surface area (Å²) in [5, 5.41) is 8.80. The van der Waals surface area contributed by atoms with Crippen LogP contribution < -0.4 is 5.73 Å². The van der Waals surface area contributed by atoms with Gasteiger partial charge >= 0.3 is 5.97 Å². The number of ether oxygens (including phenoxy) is 1. The van der Waals surface area contributed by atoms with E-state index >= 15 is 0 Å². The molecule has 98 valence electrons. The Morgan fingerprint density at radius 2 is 2.33 bits per heavy atom. The summed E-state index contributed by atoms with van der Waals surface area (Å²) in [4.78, 5) is 11.5. The van der Waals surface area contributed by atoms with E-state index in [1.165, 1.54) is 23.9 Å². The van der Waals surface area contributed by atoms with Crippen molar-refractivity contribution in [1.82, 2.24) is 0 Å². The fourth-order valence-electron chi connectivity index (χ4n) is 1.84. The number of carboxylic acid groups (broad SMARTS) is 1. The van der Waals surface area contributed by atoms with E-state index in [4.69, 9.17) is 15.6 Å². The largest absolute Gasteiger partial charge is 0.479 e. The maximum absolute atomic E-state index is 12.8. The van der Waals surface area contributed by atoms with Gasteiger partial charge in [-0.1, -0.05) is 0 Å². The molecule has 1 aromatic rings. The van der Waals surface area contributed by atoms with Gasteiger partial charge in [0, 0.05) is 16.3 Å². The van der Waals surface area contributed by atoms with Gasteiger partial charge in [-0.3, -0.25) is 0 Å². The smallest absolute Gasteiger partial charge is 0.332 e. The van der Waals surface area contributed by atoms with Crippen LogP contribution in [0, 0.1) is 5.82 Å². The number of anilines is 1. The highest BCUT2D eigenvalue weighted by atomic mass is 32.2. The van der Waals surface area contributed by atoms with Gasteiger partial charge in [0.1, 0.15) is 5.82 Å². The third kappa shape index (κ3) is 3.14. The number of hydrogen-bond donors (Lipinski definition) is 2. The predicted molar refractivity (Wildman–Crippen MR) is 67.1 cm³/mol. The van der Waals surface area contributed by atoms with Gasteiger partial charge in [-0.25, -0.2) is 9.18 Å². The quantitative estimate of drug-likeness (QED) is 0.648. The highest BCUT2D eigenvalue weighted by Gasteiger charge is 2.30. The molecule has 1 fully saturated rings. The van der Waals surface area contributed by atoms with Crippen LogP contribution in [0.2, 0.25) is 0 Å². The minimum absolute atomic E-state index is 0.0828. The van der Waals surface area contributed by atoms with Crippen LogP contribution >= 0.6 is 11.8 Å². The monoisotopic (exact) mass is 271 g/mol. The van der Waals surface area contributed by atoms with E-state index in [0.29, 0.717) is 17.9 Å². The van der Waals surface area contributed by atoms with Gasteiger partial charge in [0.2, 0.25) is 0 Å². The summed E-state index contributed by atoms with van der Waals surface area (Å²) in [6.07, 6.45) is 0.492. The van der Waals surface area contributed by atoms with Crippen molar-refractivity contribution in [1.29, 1.82) is 0 Å². The minimum atomic E-state index is -0.913. The molecule has 2 rings (SSSR count). The molecule has 3 N–H and O–H groups in total. The third-order valence-corrected chi connectivity index (χ3v) is 4.00. The van der Waals surface area contributed by atoms with E-state index in [2.05, 4.69) is 0 Å². The molecule has 0 radical (unpaired) electrons. The fourth-order valence-corrected chi connectivity index (χ4v) is 2.84. The first kappa shape index (κ1) is 13.2. The molecule has 0 aliphatic carbocycles. The zero-order valence-electron chi connectivity index (χ0n) is 9.64. The molecule has 4 nitrogen and oxygen atoms in total. The first-order valence-electron chi connectivity index (χ1n) is 5.62. The fraction of sp³-hybridized carbons (Fsp3) is 0.417. The normalized spacial score (nSPS) is 23.2. The van der Waals surface area contributed by atoms with Gasteiger partial charge in [-0.2, -0.15) is 0 Å². The number of nitrogen functional groups attached to an aromatic ring is 1. The topological polar surface area (TPSA) is 72.6 Å². The molecule has 0 spiro atoms. The number of halogens is 1. The van der Waals surface area contributed by atoms with Gasteiger partial charge in [0.15, 0.2) is 6.10 Å². The molecule has 1 saturated heterocycles. The lowest BCUT2D eigenvalue weighted by Gasteiger charge is -2.11. The number of carbonyl (C=O) groups is 1. The van der Waals surface area contributed by atoms with Crippen LogP contribution in [0.4, 0.5) is 10.1 Å². The van der Waals surface area contributed by atoms with Crippen molar-refractivity contribution in [2.45, 2.75) is 29.9 Å². The van der Waals surface area contributed by atoms with Crippen LogP contribution in [-0.4, -0.2) is 29.0 Å². The zero-order chi connectivity index (χ0) is 13.1. The van der Waals surface area contributed by atoms with Crippen molar-refractivity contribution in [2.24, 2.45) is 0 Å². The Morgan fingerprint density at radius 3 is 2.94 bits per heavy atom. The van der Waals surface area contributed by atoms with E-state index in [1.807, 2.05) is 0 Å². The maximum atomic E-state index is 12.8. The summed E-state index contributed by atoms with van der Waals surface area (Å²) in [5.41, 5.74) is 6.08. The standard InChI is InChI=1S/C12H14FNO3S/c13-7-1-4-11(9(14)5-7)18-6-8-2-3-10(17-8)12(15)16/h1,4-5,8,10H,2-3,6,14H2,(H,15,16). The average Bonchev–Trinajstić information content (AvgIpc) is 2.76. The highest BCUT2D eigenvalue weighted by molar-refractivity contribution is 7.99. The van der Waals surface area contributed by atoms with Crippen molar-refractivity contribution in [3.8, 4) is 0 Å². The van der Waals surface area contributed by atoms with Gasteiger partial charge in [-0.05, 0) is 31.0 Å². The number of rotatable bonds is 4. The molecule has 0 saturated carbocycles. The number of hydrogen-bond acceptors (Lipinski definition) is 4. The number of carboxylic acids is 1. The zero-order valence-corrected chi connectivity index (χ0v) is 10.5. The lowest BCUT2D eigenvalue weighted by atomic mass is 10.2. The molecule has 1 aliphatic heterocycles. The molecule has 2 unspecified atom stereocenters. The Balaban J connectivity index is 1.87. The predicted octanol–water partition coefficient (Wildman–Crippen LogP) is 2.13. The lowest BCUT2D eigenvalue weighted by Crippen LogP contribution is -2.21. The molecule has 1 aromatic carbocycles. The summed E-state index contributed by atoms with van der Waals surface area (Å²) in [6.45, 7) is 0. The third-order valence-electron chi connectivity index (χ3n) is 2.78. The van der Waals surface area contributed by atoms with Crippen LogP contribution in [0.25, 0.3) is 0 Å². The Morgan fingerprint density at radius 1 is 1.56 bits per heavy atom. The number of benzene rings is 1. The lowest BCUT2D eigenvalue weighted by molar-refractivity contribution is -0.148. The highest BCUT2D eigenvalue weighted by Crippen LogP contribution is 2.30. The maximum Gasteiger partial charge on any atom is 0.332 e.